The van der Waals surface area contributed by atoms with Crippen LogP contribution in [0.2, 0.25) is 5.15 Å². The van der Waals surface area contributed by atoms with Crippen molar-refractivity contribution in [2.75, 3.05) is 13.2 Å². The van der Waals surface area contributed by atoms with Crippen LogP contribution in [0.1, 0.15) is 16.1 Å². The van der Waals surface area contributed by atoms with E-state index in [1.54, 1.807) is 22.7 Å². The number of nitrogens with one attached hydrogen (secondary N) is 1. The Morgan fingerprint density at radius 1 is 1.14 bits per heavy atom. The zero-order valence-corrected chi connectivity index (χ0v) is 19.9. The Kier molecular flexibility index (Phi) is 5.37. The SMILES string of the molecule is Cc1c(-c2ccccc2-c2nc3cc(C(=O)N[C@@H]4CO[C@H]5[C@@H]4OC[C@H]5O)ccn3c2Cl)cnn1C. The Morgan fingerprint density at radius 2 is 1.91 bits per heavy atom. The Morgan fingerprint density at radius 3 is 2.69 bits per heavy atom. The maximum Gasteiger partial charge on any atom is 0.251 e. The zero-order chi connectivity index (χ0) is 24.3. The molecule has 2 aliphatic heterocycles. The molecule has 10 heteroatoms. The Balaban J connectivity index is 1.32. The Bertz CT molecular complexity index is 1450. The fraction of sp³-hybridized carbons (Fsp3) is 0.320. The monoisotopic (exact) mass is 493 g/mol. The maximum absolute atomic E-state index is 13.0. The molecule has 2 aliphatic rings. The predicted octanol–water partition coefficient (Wildman–Crippen LogP) is 2.62. The van der Waals surface area contributed by atoms with Crippen molar-refractivity contribution >= 4 is 23.2 Å². The van der Waals surface area contributed by atoms with Crippen LogP contribution in [0, 0.1) is 6.92 Å². The number of aromatic nitrogens is 4. The van der Waals surface area contributed by atoms with Gasteiger partial charge in [0.2, 0.25) is 0 Å². The van der Waals surface area contributed by atoms with Crippen molar-refractivity contribution in [2.45, 2.75) is 31.3 Å². The van der Waals surface area contributed by atoms with E-state index in [9.17, 15) is 9.90 Å². The first kappa shape index (κ1) is 22.2. The van der Waals surface area contributed by atoms with Crippen molar-refractivity contribution < 1.29 is 19.4 Å². The summed E-state index contributed by atoms with van der Waals surface area (Å²) >= 11 is 6.76. The van der Waals surface area contributed by atoms with Crippen molar-refractivity contribution in [1.29, 1.82) is 0 Å². The molecule has 35 heavy (non-hydrogen) atoms. The van der Waals surface area contributed by atoms with E-state index in [0.29, 0.717) is 28.7 Å². The molecule has 0 radical (unpaired) electrons. The van der Waals surface area contributed by atoms with Crippen LogP contribution in [0.3, 0.4) is 0 Å². The number of aliphatic hydroxyl groups excluding tert-OH is 1. The molecule has 0 aliphatic carbocycles. The van der Waals surface area contributed by atoms with E-state index in [1.165, 1.54) is 0 Å². The summed E-state index contributed by atoms with van der Waals surface area (Å²) in [4.78, 5) is 17.8. The van der Waals surface area contributed by atoms with Gasteiger partial charge in [-0.3, -0.25) is 13.9 Å². The molecule has 9 nitrogen and oxygen atoms in total. The van der Waals surface area contributed by atoms with E-state index in [4.69, 9.17) is 26.1 Å². The number of rotatable bonds is 4. The van der Waals surface area contributed by atoms with E-state index < -0.39 is 12.2 Å². The van der Waals surface area contributed by atoms with E-state index in [2.05, 4.69) is 10.4 Å². The zero-order valence-electron chi connectivity index (χ0n) is 19.2. The van der Waals surface area contributed by atoms with Gasteiger partial charge >= 0.3 is 0 Å². The summed E-state index contributed by atoms with van der Waals surface area (Å²) in [5.41, 5.74) is 5.54. The summed E-state index contributed by atoms with van der Waals surface area (Å²) in [6.07, 6.45) is 2.16. The third-order valence-corrected chi connectivity index (χ3v) is 7.24. The standard InChI is InChI=1S/C25H24ClN5O4/c1-13-17(10-27-30(13)2)15-5-3-4-6-16(15)21-24(26)31-8-7-14(9-20(31)29-21)25(33)28-18-11-34-23-19(32)12-35-22(18)23/h3-10,18-19,22-23,32H,11-12H2,1-2H3,(H,28,33)/t18-,19-,22-,23-/m1/s1. The molecular weight excluding hydrogens is 470 g/mol. The smallest absolute Gasteiger partial charge is 0.251 e. The number of hydrogen-bond donors (Lipinski definition) is 2. The number of nitrogens with zero attached hydrogens (tertiary/aromatic N) is 4. The molecule has 5 heterocycles. The summed E-state index contributed by atoms with van der Waals surface area (Å²) in [5.74, 6) is -0.265. The third kappa shape index (κ3) is 3.63. The minimum absolute atomic E-state index is 0.211. The molecule has 180 valence electrons. The molecule has 1 aromatic carbocycles. The van der Waals surface area contributed by atoms with Gasteiger partial charge in [-0.2, -0.15) is 5.10 Å². The summed E-state index contributed by atoms with van der Waals surface area (Å²) in [7, 11) is 1.91. The highest BCUT2D eigenvalue weighted by Crippen LogP contribution is 2.37. The van der Waals surface area contributed by atoms with Gasteiger partial charge < -0.3 is 19.9 Å². The average Bonchev–Trinajstić information content (AvgIpc) is 3.61. The van der Waals surface area contributed by atoms with E-state index >= 15 is 0 Å². The number of aliphatic hydroxyl groups is 1. The van der Waals surface area contributed by atoms with E-state index in [-0.39, 0.29) is 24.7 Å². The van der Waals surface area contributed by atoms with Crippen LogP contribution in [0.4, 0.5) is 0 Å². The number of benzene rings is 1. The summed E-state index contributed by atoms with van der Waals surface area (Å²) in [5, 5.41) is 17.7. The summed E-state index contributed by atoms with van der Waals surface area (Å²) in [6, 6.07) is 11.0. The topological polar surface area (TPSA) is 103 Å². The number of aryl methyl sites for hydroxylation is 1. The van der Waals surface area contributed by atoms with Crippen molar-refractivity contribution in [3.63, 3.8) is 0 Å². The molecule has 4 aromatic rings. The van der Waals surface area contributed by atoms with Gasteiger partial charge in [-0.25, -0.2) is 4.98 Å². The molecule has 0 unspecified atom stereocenters. The highest BCUT2D eigenvalue weighted by Gasteiger charge is 2.47. The molecule has 2 saturated heterocycles. The van der Waals surface area contributed by atoms with Gasteiger partial charge in [0, 0.05) is 35.6 Å². The molecule has 4 atom stereocenters. The average molecular weight is 494 g/mol. The fourth-order valence-corrected chi connectivity index (χ4v) is 5.16. The molecule has 6 rings (SSSR count). The first-order valence-electron chi connectivity index (χ1n) is 11.4. The Hall–Kier alpha value is -3.24. The third-order valence-electron chi connectivity index (χ3n) is 6.88. The van der Waals surface area contributed by atoms with E-state index in [0.717, 1.165) is 22.4 Å². The highest BCUT2D eigenvalue weighted by molar-refractivity contribution is 6.32. The van der Waals surface area contributed by atoms with Crippen molar-refractivity contribution in [1.82, 2.24) is 24.5 Å². The number of carbonyl (C=O) groups is 1. The van der Waals surface area contributed by atoms with Gasteiger partial charge in [0.25, 0.3) is 5.91 Å². The van der Waals surface area contributed by atoms with Gasteiger partial charge in [-0.05, 0) is 24.6 Å². The lowest BCUT2D eigenvalue weighted by molar-refractivity contribution is 0.0178. The summed E-state index contributed by atoms with van der Waals surface area (Å²) < 4.78 is 14.8. The normalized spacial score (nSPS) is 23.7. The van der Waals surface area contributed by atoms with Crippen molar-refractivity contribution in [3.8, 4) is 22.4 Å². The van der Waals surface area contributed by atoms with Crippen LogP contribution in [-0.2, 0) is 16.5 Å². The first-order valence-corrected chi connectivity index (χ1v) is 11.8. The predicted molar refractivity (Wildman–Crippen MR) is 129 cm³/mol. The molecular formula is C25H24ClN5O4. The first-order chi connectivity index (χ1) is 16.9. The molecule has 0 saturated carbocycles. The van der Waals surface area contributed by atoms with Crippen LogP contribution >= 0.6 is 11.6 Å². The lowest BCUT2D eigenvalue weighted by Crippen LogP contribution is -2.44. The van der Waals surface area contributed by atoms with Crippen LogP contribution in [0.5, 0.6) is 0 Å². The summed E-state index contributed by atoms with van der Waals surface area (Å²) in [6.45, 7) is 2.53. The highest BCUT2D eigenvalue weighted by atomic mass is 35.5. The largest absolute Gasteiger partial charge is 0.388 e. The fourth-order valence-electron chi connectivity index (χ4n) is 4.87. The van der Waals surface area contributed by atoms with Crippen LogP contribution in [-0.4, -0.2) is 67.7 Å². The van der Waals surface area contributed by atoms with Gasteiger partial charge in [0.1, 0.15) is 34.8 Å². The second-order valence-electron chi connectivity index (χ2n) is 8.95. The molecule has 2 N–H and O–H groups in total. The molecule has 3 aromatic heterocycles. The van der Waals surface area contributed by atoms with Crippen LogP contribution in [0.15, 0.2) is 48.8 Å². The van der Waals surface area contributed by atoms with Gasteiger partial charge in [0.15, 0.2) is 0 Å². The van der Waals surface area contributed by atoms with E-state index in [1.807, 2.05) is 49.1 Å². The van der Waals surface area contributed by atoms with Crippen LogP contribution in [0.25, 0.3) is 28.0 Å². The lowest BCUT2D eigenvalue weighted by atomic mass is 9.98. The number of ether oxygens (including phenoxy) is 2. The number of hydrogen-bond acceptors (Lipinski definition) is 6. The van der Waals surface area contributed by atoms with Gasteiger partial charge in [0.05, 0.1) is 25.5 Å². The number of imidazole rings is 1. The van der Waals surface area contributed by atoms with Crippen molar-refractivity contribution in [3.05, 3.63) is 65.2 Å². The Labute approximate surface area is 206 Å². The quantitative estimate of drug-likeness (QED) is 0.453. The molecule has 0 spiro atoms. The minimum atomic E-state index is -0.665. The lowest BCUT2D eigenvalue weighted by Gasteiger charge is -2.17. The van der Waals surface area contributed by atoms with Gasteiger partial charge in [-0.1, -0.05) is 35.9 Å². The minimum Gasteiger partial charge on any atom is -0.388 e. The number of amides is 1. The second kappa shape index (κ2) is 8.46. The second-order valence-corrected chi connectivity index (χ2v) is 9.31. The molecule has 0 bridgehead atoms. The van der Waals surface area contributed by atoms with Crippen molar-refractivity contribution in [2.24, 2.45) is 7.05 Å². The van der Waals surface area contributed by atoms with Gasteiger partial charge in [-0.15, -0.1) is 0 Å². The molecule has 2 fully saturated rings. The van der Waals surface area contributed by atoms with Crippen LogP contribution < -0.4 is 5.32 Å². The number of carbonyl (C=O) groups excluding carboxylic acids is 1. The maximum atomic E-state index is 13.0. The number of fused-ring (bicyclic) bond motifs is 2. The number of halogens is 1. The number of pyridine rings is 1. The molecule has 1 amide bonds.